The van der Waals surface area contributed by atoms with Gasteiger partial charge in [0.2, 0.25) is 29.0 Å². The number of hydrogen-bond donors (Lipinski definition) is 7. The fourth-order valence-corrected chi connectivity index (χ4v) is 5.25. The van der Waals surface area contributed by atoms with Gasteiger partial charge >= 0.3 is 0 Å². The monoisotopic (exact) mass is 642 g/mol. The average Bonchev–Trinajstić information content (AvgIpc) is 3.03. The first-order valence-corrected chi connectivity index (χ1v) is 13.6. The van der Waals surface area contributed by atoms with Gasteiger partial charge in [0, 0.05) is 6.07 Å². The summed E-state index contributed by atoms with van der Waals surface area (Å²) in [5, 5.41) is 71.7. The Morgan fingerprint density at radius 1 is 0.756 bits per heavy atom. The van der Waals surface area contributed by atoms with Gasteiger partial charge < -0.3 is 78.1 Å². The summed E-state index contributed by atoms with van der Waals surface area (Å²) in [6.45, 7) is -0.901. The van der Waals surface area contributed by atoms with Gasteiger partial charge in [-0.1, -0.05) is 0 Å². The minimum atomic E-state index is -1.89. The van der Waals surface area contributed by atoms with Crippen molar-refractivity contribution in [2.75, 3.05) is 41.7 Å². The van der Waals surface area contributed by atoms with Crippen LogP contribution in [-0.4, -0.2) is 133 Å². The maximum Gasteiger partial charge on any atom is 0.229 e. The van der Waals surface area contributed by atoms with Crippen molar-refractivity contribution in [3.63, 3.8) is 0 Å². The standard InChI is InChI=1S/C28H34O17/c1-37-12-6-9(29)5-10-15(31)14-22(44-21(10)12)24(38-2)26(40-4)25(39-3)23(14)45-28-20(36)18(34)17(33)13(43-28)8-42-27-19(35)16(32)11(30)7-41-27/h5-6,11,13,16-20,27-30,32-36H,7-8H2,1-4H3/t11-,13-,16+,17-,18+,19-,20-,27+,28+/m1/s1. The van der Waals surface area contributed by atoms with E-state index in [1.165, 1.54) is 34.5 Å². The second kappa shape index (κ2) is 13.0. The maximum absolute atomic E-state index is 14.0. The molecule has 0 spiro atoms. The van der Waals surface area contributed by atoms with Gasteiger partial charge in [-0.2, -0.15) is 0 Å². The van der Waals surface area contributed by atoms with Crippen molar-refractivity contribution in [3.8, 4) is 34.5 Å². The summed E-state index contributed by atoms with van der Waals surface area (Å²) in [5.41, 5.74) is -0.982. The number of phenols is 1. The highest BCUT2D eigenvalue weighted by Gasteiger charge is 2.47. The van der Waals surface area contributed by atoms with E-state index >= 15 is 0 Å². The fraction of sp³-hybridized carbons (Fsp3) is 0.536. The lowest BCUT2D eigenvalue weighted by Crippen LogP contribution is -2.61. The van der Waals surface area contributed by atoms with Gasteiger partial charge in [0.25, 0.3) is 0 Å². The second-order valence-electron chi connectivity index (χ2n) is 10.3. The summed E-state index contributed by atoms with van der Waals surface area (Å²) in [4.78, 5) is 14.0. The average molecular weight is 643 g/mol. The summed E-state index contributed by atoms with van der Waals surface area (Å²) in [7, 11) is 5.12. The zero-order chi connectivity index (χ0) is 32.7. The molecule has 2 aromatic carbocycles. The Hall–Kier alpha value is -3.65. The van der Waals surface area contributed by atoms with Gasteiger partial charge in [-0.05, 0) is 6.07 Å². The molecule has 0 saturated carbocycles. The van der Waals surface area contributed by atoms with Crippen LogP contribution in [0, 0.1) is 0 Å². The summed E-state index contributed by atoms with van der Waals surface area (Å²) >= 11 is 0. The number of aliphatic hydroxyl groups excluding tert-OH is 6. The lowest BCUT2D eigenvalue weighted by molar-refractivity contribution is -0.307. The van der Waals surface area contributed by atoms with Gasteiger partial charge in [0.15, 0.2) is 29.0 Å². The molecule has 1 aromatic heterocycles. The third-order valence-corrected chi connectivity index (χ3v) is 7.61. The van der Waals surface area contributed by atoms with Crippen molar-refractivity contribution in [2.24, 2.45) is 0 Å². The predicted octanol–water partition coefficient (Wildman–Crippen LogP) is -1.67. The number of ether oxygens (including phenoxy) is 8. The van der Waals surface area contributed by atoms with E-state index in [2.05, 4.69) is 0 Å². The van der Waals surface area contributed by atoms with Crippen LogP contribution in [0.2, 0.25) is 0 Å². The fourth-order valence-electron chi connectivity index (χ4n) is 5.25. The van der Waals surface area contributed by atoms with Crippen molar-refractivity contribution < 1.29 is 78.1 Å². The number of aliphatic hydroxyl groups is 6. The Morgan fingerprint density at radius 3 is 2.04 bits per heavy atom. The van der Waals surface area contributed by atoms with Crippen LogP contribution in [0.15, 0.2) is 21.3 Å². The van der Waals surface area contributed by atoms with Gasteiger partial charge in [-0.25, -0.2) is 0 Å². The lowest BCUT2D eigenvalue weighted by Gasteiger charge is -2.41. The molecule has 17 heteroatoms. The highest BCUT2D eigenvalue weighted by Crippen LogP contribution is 2.51. The van der Waals surface area contributed by atoms with Crippen molar-refractivity contribution in [2.45, 2.75) is 55.3 Å². The molecule has 7 N–H and O–H groups in total. The molecule has 248 valence electrons. The van der Waals surface area contributed by atoms with Crippen LogP contribution in [0.3, 0.4) is 0 Å². The molecule has 2 aliphatic rings. The first-order valence-electron chi connectivity index (χ1n) is 13.6. The van der Waals surface area contributed by atoms with Crippen LogP contribution in [0.1, 0.15) is 0 Å². The van der Waals surface area contributed by atoms with E-state index in [1.807, 2.05) is 0 Å². The summed E-state index contributed by atoms with van der Waals surface area (Å²) < 4.78 is 50.2. The Kier molecular flexibility index (Phi) is 9.45. The predicted molar refractivity (Wildman–Crippen MR) is 149 cm³/mol. The quantitative estimate of drug-likeness (QED) is 0.129. The van der Waals surface area contributed by atoms with E-state index in [0.29, 0.717) is 0 Å². The Balaban J connectivity index is 1.58. The molecule has 3 heterocycles. The highest BCUT2D eigenvalue weighted by molar-refractivity contribution is 6.01. The number of phenolic OH excluding ortho intramolecular Hbond substituents is 1. The Bertz CT molecular complexity index is 1590. The van der Waals surface area contributed by atoms with Gasteiger partial charge in [-0.3, -0.25) is 4.79 Å². The highest BCUT2D eigenvalue weighted by atomic mass is 16.7. The zero-order valence-electron chi connectivity index (χ0n) is 24.5. The minimum Gasteiger partial charge on any atom is -0.508 e. The molecule has 5 rings (SSSR count). The number of aromatic hydroxyl groups is 1. The third-order valence-electron chi connectivity index (χ3n) is 7.61. The van der Waals surface area contributed by atoms with E-state index in [9.17, 15) is 40.5 Å². The van der Waals surface area contributed by atoms with Crippen LogP contribution in [0.5, 0.6) is 34.5 Å². The van der Waals surface area contributed by atoms with Crippen LogP contribution in [0.4, 0.5) is 0 Å². The van der Waals surface area contributed by atoms with E-state index in [1.54, 1.807) is 0 Å². The zero-order valence-corrected chi connectivity index (χ0v) is 24.5. The van der Waals surface area contributed by atoms with Gasteiger partial charge in [0.05, 0.1) is 47.0 Å². The molecule has 9 atom stereocenters. The van der Waals surface area contributed by atoms with E-state index in [4.69, 9.17) is 42.3 Å². The molecule has 2 saturated heterocycles. The first kappa shape index (κ1) is 32.7. The van der Waals surface area contributed by atoms with Crippen molar-refractivity contribution >= 4 is 21.9 Å². The first-order chi connectivity index (χ1) is 21.5. The molecule has 2 fully saturated rings. The molecule has 45 heavy (non-hydrogen) atoms. The SMILES string of the molecule is COc1c(OC)c(O[C@@H]2O[C@H](CO[C@@H]3OC[C@@H](O)[C@H](O)[C@H]3O)[C@@H](O)[C@H](O)[C@H]2O)c2c(=O)c3cc(O)cc(OC)c3oc2c1OC. The van der Waals surface area contributed by atoms with Crippen molar-refractivity contribution in [1.29, 1.82) is 0 Å². The van der Waals surface area contributed by atoms with Crippen molar-refractivity contribution in [1.82, 2.24) is 0 Å². The summed E-state index contributed by atoms with van der Waals surface area (Å²) in [5.74, 6) is -1.01. The van der Waals surface area contributed by atoms with Crippen LogP contribution >= 0.6 is 0 Å². The molecule has 0 bridgehead atoms. The van der Waals surface area contributed by atoms with E-state index < -0.39 is 67.3 Å². The van der Waals surface area contributed by atoms with Crippen molar-refractivity contribution in [3.05, 3.63) is 22.4 Å². The van der Waals surface area contributed by atoms with Crippen LogP contribution in [-0.2, 0) is 14.2 Å². The minimum absolute atomic E-state index is 0.0309. The summed E-state index contributed by atoms with van der Waals surface area (Å²) in [6.07, 6.45) is -14.7. The molecule has 0 aliphatic carbocycles. The topological polar surface area (TPSA) is 246 Å². The Labute approximate surface area is 254 Å². The van der Waals surface area contributed by atoms with Gasteiger partial charge in [0.1, 0.15) is 53.9 Å². The molecular weight excluding hydrogens is 608 g/mol. The molecule has 2 aliphatic heterocycles. The molecule has 0 radical (unpaired) electrons. The number of benzene rings is 2. The number of rotatable bonds is 9. The maximum atomic E-state index is 14.0. The molecule has 17 nitrogen and oxygen atoms in total. The second-order valence-corrected chi connectivity index (χ2v) is 10.3. The molecule has 0 unspecified atom stereocenters. The third kappa shape index (κ3) is 5.66. The lowest BCUT2D eigenvalue weighted by atomic mass is 9.99. The number of hydrogen-bond acceptors (Lipinski definition) is 17. The molecule has 0 amide bonds. The largest absolute Gasteiger partial charge is 0.508 e. The molecular formula is C28H34O17. The van der Waals surface area contributed by atoms with Crippen LogP contribution < -0.4 is 29.1 Å². The van der Waals surface area contributed by atoms with E-state index in [-0.39, 0.29) is 63.0 Å². The number of fused-ring (bicyclic) bond motifs is 2. The Morgan fingerprint density at radius 2 is 1.40 bits per heavy atom. The number of methoxy groups -OCH3 is 4. The van der Waals surface area contributed by atoms with Crippen LogP contribution in [0.25, 0.3) is 21.9 Å². The normalized spacial score (nSPS) is 30.3. The van der Waals surface area contributed by atoms with Gasteiger partial charge in [-0.15, -0.1) is 0 Å². The summed E-state index contributed by atoms with van der Waals surface area (Å²) in [6, 6.07) is 2.39. The molecule has 3 aromatic rings. The smallest absolute Gasteiger partial charge is 0.229 e. The van der Waals surface area contributed by atoms with E-state index in [0.717, 1.165) is 6.07 Å².